The van der Waals surface area contributed by atoms with E-state index in [9.17, 15) is 4.79 Å². The molecule has 0 radical (unpaired) electrons. The first-order valence-electron chi connectivity index (χ1n) is 10.5. The van der Waals surface area contributed by atoms with Crippen molar-refractivity contribution < 1.29 is 9.53 Å². The first kappa shape index (κ1) is 20.2. The number of methoxy groups -OCH3 is 1. The van der Waals surface area contributed by atoms with Gasteiger partial charge in [-0.3, -0.25) is 4.90 Å². The van der Waals surface area contributed by atoms with Crippen molar-refractivity contribution in [3.05, 3.63) is 59.7 Å². The molecule has 1 aliphatic heterocycles. The molecule has 156 valence electrons. The lowest BCUT2D eigenvalue weighted by Gasteiger charge is -2.45. The maximum absolute atomic E-state index is 12.9. The number of carbonyl (C=O) groups is 1. The van der Waals surface area contributed by atoms with Crippen LogP contribution in [-0.4, -0.2) is 31.8 Å². The van der Waals surface area contributed by atoms with Gasteiger partial charge in [-0.1, -0.05) is 37.3 Å². The van der Waals surface area contributed by atoms with Crippen LogP contribution in [0.2, 0.25) is 0 Å². The van der Waals surface area contributed by atoms with Gasteiger partial charge in [0.25, 0.3) is 0 Å². The smallest absolute Gasteiger partial charge is 0.322 e. The fourth-order valence-corrected chi connectivity index (χ4v) is 4.97. The van der Waals surface area contributed by atoms with Gasteiger partial charge in [0, 0.05) is 11.6 Å². The van der Waals surface area contributed by atoms with Crippen molar-refractivity contribution >= 4 is 11.7 Å². The zero-order valence-electron chi connectivity index (χ0n) is 17.6. The van der Waals surface area contributed by atoms with Crippen molar-refractivity contribution in [2.45, 2.75) is 43.7 Å². The second kappa shape index (κ2) is 8.00. The Morgan fingerprint density at radius 3 is 2.53 bits per heavy atom. The van der Waals surface area contributed by atoms with E-state index in [2.05, 4.69) is 47.9 Å². The fraction of sp³-hybridized carbons (Fsp3) is 0.417. The second-order valence-electron chi connectivity index (χ2n) is 8.27. The molecule has 6 heteroatoms. The highest BCUT2D eigenvalue weighted by molar-refractivity contribution is 5.97. The summed E-state index contributed by atoms with van der Waals surface area (Å²) in [5.74, 6) is 0.545. The lowest BCUT2D eigenvalue weighted by Crippen LogP contribution is -2.54. The van der Waals surface area contributed by atoms with Gasteiger partial charge in [0.05, 0.1) is 36.5 Å². The number of benzene rings is 2. The van der Waals surface area contributed by atoms with E-state index in [0.717, 1.165) is 32.2 Å². The molecule has 1 saturated heterocycles. The normalized spacial score (nSPS) is 25.8. The fourth-order valence-electron chi connectivity index (χ4n) is 4.97. The van der Waals surface area contributed by atoms with Crippen LogP contribution in [0.4, 0.5) is 10.5 Å². The van der Waals surface area contributed by atoms with Crippen LogP contribution in [-0.2, 0) is 5.54 Å². The standard InChI is InChI=1S/C24H28N4O2/c1-3-26-24(19-7-5-4-6-8-19)13-11-23(12-14-24)17-28(22(29)27-23)20-10-9-18(16-25)15-21(20)30-2/h4-10,15,26H,3,11-14,17H2,1-2H3,(H,27,29)/t23-,24-. The highest BCUT2D eigenvalue weighted by Crippen LogP contribution is 2.44. The van der Waals surface area contributed by atoms with Gasteiger partial charge in [0.15, 0.2) is 0 Å². The quantitative estimate of drug-likeness (QED) is 0.792. The molecule has 2 aromatic rings. The van der Waals surface area contributed by atoms with E-state index in [0.29, 0.717) is 23.5 Å². The number of nitriles is 1. The number of hydrogen-bond acceptors (Lipinski definition) is 4. The maximum atomic E-state index is 12.9. The van der Waals surface area contributed by atoms with Crippen LogP contribution in [0, 0.1) is 11.3 Å². The molecule has 1 saturated carbocycles. The molecule has 2 aliphatic rings. The third-order valence-electron chi connectivity index (χ3n) is 6.58. The van der Waals surface area contributed by atoms with Gasteiger partial charge in [-0.05, 0) is 49.9 Å². The minimum Gasteiger partial charge on any atom is -0.495 e. The predicted octanol–water partition coefficient (Wildman–Crippen LogP) is 3.91. The third kappa shape index (κ3) is 3.50. The van der Waals surface area contributed by atoms with E-state index in [1.54, 1.807) is 30.2 Å². The van der Waals surface area contributed by atoms with Crippen LogP contribution in [0.15, 0.2) is 48.5 Å². The molecule has 0 bridgehead atoms. The molecule has 0 unspecified atom stereocenters. The number of ether oxygens (including phenoxy) is 1. The Hall–Kier alpha value is -3.04. The van der Waals surface area contributed by atoms with E-state index >= 15 is 0 Å². The number of anilines is 1. The Labute approximate surface area is 177 Å². The molecule has 30 heavy (non-hydrogen) atoms. The summed E-state index contributed by atoms with van der Waals surface area (Å²) < 4.78 is 5.46. The van der Waals surface area contributed by atoms with Crippen LogP contribution in [0.25, 0.3) is 0 Å². The molecule has 2 N–H and O–H groups in total. The summed E-state index contributed by atoms with van der Waals surface area (Å²) in [7, 11) is 1.56. The van der Waals surface area contributed by atoms with E-state index in [1.165, 1.54) is 5.56 Å². The molecule has 1 aliphatic carbocycles. The molecule has 2 fully saturated rings. The summed E-state index contributed by atoms with van der Waals surface area (Å²) >= 11 is 0. The summed E-state index contributed by atoms with van der Waals surface area (Å²) in [6.45, 7) is 3.65. The second-order valence-corrected chi connectivity index (χ2v) is 8.27. The zero-order valence-corrected chi connectivity index (χ0v) is 17.6. The number of rotatable bonds is 5. The molecule has 0 aromatic heterocycles. The molecule has 1 heterocycles. The van der Waals surface area contributed by atoms with Gasteiger partial charge in [0.1, 0.15) is 5.75 Å². The number of nitrogens with zero attached hydrogens (tertiary/aromatic N) is 2. The summed E-state index contributed by atoms with van der Waals surface area (Å²) in [4.78, 5) is 14.7. The van der Waals surface area contributed by atoms with E-state index in [4.69, 9.17) is 10.00 Å². The Morgan fingerprint density at radius 2 is 1.90 bits per heavy atom. The van der Waals surface area contributed by atoms with Crippen molar-refractivity contribution in [3.8, 4) is 11.8 Å². The molecule has 2 amide bonds. The van der Waals surface area contributed by atoms with Crippen LogP contribution in [0.3, 0.4) is 0 Å². The molecule has 0 atom stereocenters. The predicted molar refractivity (Wildman–Crippen MR) is 117 cm³/mol. The van der Waals surface area contributed by atoms with Crippen LogP contribution in [0.5, 0.6) is 5.75 Å². The average Bonchev–Trinajstić information content (AvgIpc) is 3.11. The lowest BCUT2D eigenvalue weighted by molar-refractivity contribution is 0.161. The van der Waals surface area contributed by atoms with Gasteiger partial charge in [0.2, 0.25) is 0 Å². The number of hydrogen-bond donors (Lipinski definition) is 2. The maximum Gasteiger partial charge on any atom is 0.322 e. The van der Waals surface area contributed by atoms with Gasteiger partial charge in [-0.25, -0.2) is 4.79 Å². The average molecular weight is 405 g/mol. The number of amides is 2. The summed E-state index contributed by atoms with van der Waals surface area (Å²) in [6.07, 6.45) is 3.72. The Morgan fingerprint density at radius 1 is 1.17 bits per heavy atom. The number of nitrogens with one attached hydrogen (secondary N) is 2. The van der Waals surface area contributed by atoms with Crippen molar-refractivity contribution in [2.24, 2.45) is 0 Å². The van der Waals surface area contributed by atoms with Crippen molar-refractivity contribution in [1.29, 1.82) is 5.26 Å². The lowest BCUT2D eigenvalue weighted by atomic mass is 9.69. The molecule has 1 spiro atoms. The third-order valence-corrected chi connectivity index (χ3v) is 6.58. The van der Waals surface area contributed by atoms with Crippen LogP contribution < -0.4 is 20.3 Å². The molecule has 4 rings (SSSR count). The SMILES string of the molecule is CCN[C@]1(c2ccccc2)CC[C@@]2(CC1)CN(c1ccc(C#N)cc1OC)C(=O)N2. The Kier molecular flexibility index (Phi) is 5.40. The Bertz CT molecular complexity index is 959. The van der Waals surface area contributed by atoms with E-state index in [-0.39, 0.29) is 17.1 Å². The largest absolute Gasteiger partial charge is 0.495 e. The van der Waals surface area contributed by atoms with Crippen molar-refractivity contribution in [2.75, 3.05) is 25.1 Å². The molecule has 6 nitrogen and oxygen atoms in total. The molecule has 2 aromatic carbocycles. The monoisotopic (exact) mass is 404 g/mol. The number of urea groups is 1. The highest BCUT2D eigenvalue weighted by Gasteiger charge is 2.49. The summed E-state index contributed by atoms with van der Waals surface area (Å²) in [5.41, 5.74) is 2.24. The Balaban J connectivity index is 1.56. The van der Waals surface area contributed by atoms with Crippen molar-refractivity contribution in [3.63, 3.8) is 0 Å². The van der Waals surface area contributed by atoms with Gasteiger partial charge in [-0.2, -0.15) is 5.26 Å². The summed E-state index contributed by atoms with van der Waals surface area (Å²) in [5, 5.41) is 16.1. The van der Waals surface area contributed by atoms with Crippen LogP contribution in [0.1, 0.15) is 43.7 Å². The highest BCUT2D eigenvalue weighted by atomic mass is 16.5. The minimum absolute atomic E-state index is 0.0501. The first-order valence-corrected chi connectivity index (χ1v) is 10.5. The number of carbonyl (C=O) groups excluding carboxylic acids is 1. The van der Waals surface area contributed by atoms with Crippen molar-refractivity contribution in [1.82, 2.24) is 10.6 Å². The molecular weight excluding hydrogens is 376 g/mol. The molecular formula is C24H28N4O2. The van der Waals surface area contributed by atoms with E-state index in [1.807, 2.05) is 6.07 Å². The minimum atomic E-state index is -0.246. The zero-order chi connectivity index (χ0) is 21.2. The van der Waals surface area contributed by atoms with Crippen LogP contribution >= 0.6 is 0 Å². The van der Waals surface area contributed by atoms with Gasteiger partial charge in [-0.15, -0.1) is 0 Å². The van der Waals surface area contributed by atoms with Gasteiger partial charge < -0.3 is 15.4 Å². The first-order chi connectivity index (χ1) is 14.5. The summed E-state index contributed by atoms with van der Waals surface area (Å²) in [6, 6.07) is 17.8. The topological polar surface area (TPSA) is 77.4 Å². The van der Waals surface area contributed by atoms with Gasteiger partial charge >= 0.3 is 6.03 Å². The van der Waals surface area contributed by atoms with E-state index < -0.39 is 0 Å².